The lowest BCUT2D eigenvalue weighted by Gasteiger charge is -2.30. The SMILES string of the molecule is Cc1c2c(n(-c3ccc(C(N)=O)c(N[C@H]4CC[C@H](O)CC4)c3)c1C)CC(C)(C)CC2=O. The van der Waals surface area contributed by atoms with Crippen LogP contribution in [-0.4, -0.2) is 33.5 Å². The predicted molar refractivity (Wildman–Crippen MR) is 122 cm³/mol. The number of anilines is 1. The van der Waals surface area contributed by atoms with Gasteiger partial charge >= 0.3 is 0 Å². The van der Waals surface area contributed by atoms with Crippen molar-refractivity contribution in [1.82, 2.24) is 4.57 Å². The average Bonchev–Trinajstić information content (AvgIpc) is 2.92. The topological polar surface area (TPSA) is 97.3 Å². The average molecular weight is 424 g/mol. The van der Waals surface area contributed by atoms with Gasteiger partial charge in [-0.05, 0) is 75.1 Å². The molecule has 1 aromatic carbocycles. The number of nitrogens with one attached hydrogen (secondary N) is 1. The minimum atomic E-state index is -0.469. The molecule has 6 heteroatoms. The van der Waals surface area contributed by atoms with Gasteiger partial charge in [0.05, 0.1) is 11.7 Å². The first kappa shape index (κ1) is 21.6. The molecule has 0 radical (unpaired) electrons. The maximum absolute atomic E-state index is 12.9. The zero-order valence-corrected chi connectivity index (χ0v) is 18.9. The Morgan fingerprint density at radius 2 is 1.84 bits per heavy atom. The van der Waals surface area contributed by atoms with Gasteiger partial charge in [-0.2, -0.15) is 0 Å². The van der Waals surface area contributed by atoms with Crippen LogP contribution in [0.15, 0.2) is 18.2 Å². The highest BCUT2D eigenvalue weighted by atomic mass is 16.3. The van der Waals surface area contributed by atoms with Crippen molar-refractivity contribution in [3.05, 3.63) is 46.3 Å². The smallest absolute Gasteiger partial charge is 0.250 e. The summed E-state index contributed by atoms with van der Waals surface area (Å²) in [6.07, 6.45) is 4.35. The van der Waals surface area contributed by atoms with E-state index in [1.54, 1.807) is 6.07 Å². The maximum atomic E-state index is 12.9. The van der Waals surface area contributed by atoms with E-state index in [4.69, 9.17) is 5.73 Å². The Balaban J connectivity index is 1.78. The zero-order valence-electron chi connectivity index (χ0n) is 18.9. The predicted octanol–water partition coefficient (Wildman–Crippen LogP) is 4.06. The molecule has 166 valence electrons. The molecule has 0 atom stereocenters. The molecule has 2 aliphatic carbocycles. The van der Waals surface area contributed by atoms with Gasteiger partial charge < -0.3 is 20.7 Å². The molecule has 2 aromatic rings. The molecule has 2 aliphatic rings. The zero-order chi connectivity index (χ0) is 22.5. The van der Waals surface area contributed by atoms with Gasteiger partial charge in [-0.25, -0.2) is 0 Å². The third kappa shape index (κ3) is 4.01. The van der Waals surface area contributed by atoms with E-state index >= 15 is 0 Å². The summed E-state index contributed by atoms with van der Waals surface area (Å²) in [4.78, 5) is 25.0. The number of carbonyl (C=O) groups is 2. The number of hydrogen-bond acceptors (Lipinski definition) is 4. The van der Waals surface area contributed by atoms with Gasteiger partial charge in [0.1, 0.15) is 0 Å². The Bertz CT molecular complexity index is 1040. The number of nitrogens with two attached hydrogens (primary N) is 1. The van der Waals surface area contributed by atoms with Gasteiger partial charge in [-0.1, -0.05) is 13.8 Å². The van der Waals surface area contributed by atoms with Gasteiger partial charge in [0.25, 0.3) is 5.91 Å². The lowest BCUT2D eigenvalue weighted by atomic mass is 9.75. The van der Waals surface area contributed by atoms with Gasteiger partial charge in [0.15, 0.2) is 5.78 Å². The molecule has 0 aliphatic heterocycles. The highest BCUT2D eigenvalue weighted by Gasteiger charge is 2.36. The van der Waals surface area contributed by atoms with E-state index in [2.05, 4.69) is 23.7 Å². The van der Waals surface area contributed by atoms with E-state index < -0.39 is 5.91 Å². The number of rotatable bonds is 4. The summed E-state index contributed by atoms with van der Waals surface area (Å²) in [6.45, 7) is 8.34. The Labute approximate surface area is 183 Å². The van der Waals surface area contributed by atoms with Crippen molar-refractivity contribution < 1.29 is 14.7 Å². The van der Waals surface area contributed by atoms with Gasteiger partial charge in [0.2, 0.25) is 0 Å². The molecule has 1 aromatic heterocycles. The number of Topliss-reactive ketones (excluding diaryl/α,β-unsaturated/α-hetero) is 1. The molecule has 1 fully saturated rings. The van der Waals surface area contributed by atoms with Crippen molar-refractivity contribution in [1.29, 1.82) is 0 Å². The Hall–Kier alpha value is -2.60. The first-order valence-electron chi connectivity index (χ1n) is 11.2. The molecular weight excluding hydrogens is 390 g/mol. The number of carbonyl (C=O) groups excluding carboxylic acids is 2. The standard InChI is InChI=1S/C25H33N3O3/c1-14-15(2)28(21-12-25(3,4)13-22(30)23(14)21)17-7-10-19(24(26)31)20(11-17)27-16-5-8-18(29)9-6-16/h7,10-11,16,18,27,29H,5-6,8-9,12-13H2,1-4H3,(H2,26,31)/t16-,18-. The van der Waals surface area contributed by atoms with Crippen LogP contribution in [0.4, 0.5) is 5.69 Å². The number of aliphatic hydroxyl groups excluding tert-OH is 1. The molecule has 4 N–H and O–H groups in total. The number of primary amides is 1. The van der Waals surface area contributed by atoms with Crippen LogP contribution < -0.4 is 11.1 Å². The Morgan fingerprint density at radius 3 is 2.48 bits per heavy atom. The molecule has 31 heavy (non-hydrogen) atoms. The Morgan fingerprint density at radius 1 is 1.16 bits per heavy atom. The summed E-state index contributed by atoms with van der Waals surface area (Å²) in [6, 6.07) is 5.85. The fraction of sp³-hybridized carbons (Fsp3) is 0.520. The van der Waals surface area contributed by atoms with Crippen LogP contribution in [-0.2, 0) is 6.42 Å². The lowest BCUT2D eigenvalue weighted by molar-refractivity contribution is 0.0909. The fourth-order valence-electron chi connectivity index (χ4n) is 5.25. The summed E-state index contributed by atoms with van der Waals surface area (Å²) in [5, 5.41) is 13.3. The summed E-state index contributed by atoms with van der Waals surface area (Å²) < 4.78 is 2.17. The van der Waals surface area contributed by atoms with Crippen molar-refractivity contribution in [3.8, 4) is 5.69 Å². The summed E-state index contributed by atoms with van der Waals surface area (Å²) >= 11 is 0. The first-order valence-corrected chi connectivity index (χ1v) is 11.2. The molecular formula is C25H33N3O3. The number of benzene rings is 1. The highest BCUT2D eigenvalue weighted by Crippen LogP contribution is 2.40. The number of hydrogen-bond donors (Lipinski definition) is 3. The molecule has 1 heterocycles. The van der Waals surface area contributed by atoms with E-state index in [1.165, 1.54) is 0 Å². The Kier molecular flexibility index (Phi) is 5.46. The summed E-state index contributed by atoms with van der Waals surface area (Å²) in [7, 11) is 0. The highest BCUT2D eigenvalue weighted by molar-refractivity contribution is 6.01. The van der Waals surface area contributed by atoms with Crippen molar-refractivity contribution in [2.45, 2.75) is 78.4 Å². The normalized spacial score (nSPS) is 22.8. The molecule has 0 spiro atoms. The molecule has 1 saturated carbocycles. The van der Waals surface area contributed by atoms with Crippen molar-refractivity contribution >= 4 is 17.4 Å². The van der Waals surface area contributed by atoms with Gasteiger partial charge in [0, 0.05) is 40.8 Å². The van der Waals surface area contributed by atoms with Gasteiger partial charge in [-0.15, -0.1) is 0 Å². The van der Waals surface area contributed by atoms with Crippen LogP contribution in [0.3, 0.4) is 0 Å². The van der Waals surface area contributed by atoms with E-state index in [0.29, 0.717) is 17.7 Å². The van der Waals surface area contributed by atoms with E-state index in [0.717, 1.165) is 60.3 Å². The van der Waals surface area contributed by atoms with Crippen LogP contribution in [0, 0.1) is 19.3 Å². The fourth-order valence-corrected chi connectivity index (χ4v) is 5.25. The van der Waals surface area contributed by atoms with Crippen LogP contribution in [0.25, 0.3) is 5.69 Å². The minimum absolute atomic E-state index is 0.0871. The third-order valence-electron chi connectivity index (χ3n) is 6.96. The monoisotopic (exact) mass is 423 g/mol. The van der Waals surface area contributed by atoms with Crippen molar-refractivity contribution in [3.63, 3.8) is 0 Å². The molecule has 1 amide bonds. The molecule has 0 saturated heterocycles. The first-order chi connectivity index (χ1) is 14.6. The molecule has 6 nitrogen and oxygen atoms in total. The maximum Gasteiger partial charge on any atom is 0.250 e. The second-order valence-corrected chi connectivity index (χ2v) is 10.1. The summed E-state index contributed by atoms with van der Waals surface area (Å²) in [5.74, 6) is -0.262. The second kappa shape index (κ2) is 7.83. The van der Waals surface area contributed by atoms with E-state index in [-0.39, 0.29) is 23.3 Å². The number of aromatic nitrogens is 1. The van der Waals surface area contributed by atoms with Crippen LogP contribution in [0.1, 0.15) is 83.6 Å². The van der Waals surface area contributed by atoms with Gasteiger partial charge in [-0.3, -0.25) is 9.59 Å². The van der Waals surface area contributed by atoms with Crippen LogP contribution in [0.2, 0.25) is 0 Å². The largest absolute Gasteiger partial charge is 0.393 e. The third-order valence-corrected chi connectivity index (χ3v) is 6.96. The molecule has 0 bridgehead atoms. The quantitative estimate of drug-likeness (QED) is 0.691. The number of ketones is 1. The lowest BCUT2D eigenvalue weighted by Crippen LogP contribution is -2.29. The van der Waals surface area contributed by atoms with Crippen molar-refractivity contribution in [2.24, 2.45) is 11.1 Å². The van der Waals surface area contributed by atoms with Crippen molar-refractivity contribution in [2.75, 3.05) is 5.32 Å². The van der Waals surface area contributed by atoms with Crippen LogP contribution >= 0.6 is 0 Å². The minimum Gasteiger partial charge on any atom is -0.393 e. The number of nitrogens with zero attached hydrogens (tertiary/aromatic N) is 1. The number of amides is 1. The molecule has 0 unspecified atom stereocenters. The summed E-state index contributed by atoms with van der Waals surface area (Å²) in [5.41, 5.74) is 11.7. The second-order valence-electron chi connectivity index (χ2n) is 10.1. The van der Waals surface area contributed by atoms with E-state index in [1.807, 2.05) is 26.0 Å². The number of fused-ring (bicyclic) bond motifs is 1. The molecule has 4 rings (SSSR count). The van der Waals surface area contributed by atoms with Crippen LogP contribution in [0.5, 0.6) is 0 Å². The number of aliphatic hydroxyl groups is 1. The van der Waals surface area contributed by atoms with E-state index in [9.17, 15) is 14.7 Å².